The van der Waals surface area contributed by atoms with E-state index in [9.17, 15) is 13.2 Å². The van der Waals surface area contributed by atoms with Crippen molar-refractivity contribution in [3.05, 3.63) is 35.4 Å². The summed E-state index contributed by atoms with van der Waals surface area (Å²) >= 11 is 0. The molecule has 0 aromatic heterocycles. The van der Waals surface area contributed by atoms with Crippen LogP contribution in [0.4, 0.5) is 0 Å². The molecule has 31 heavy (non-hydrogen) atoms. The van der Waals surface area contributed by atoms with Gasteiger partial charge in [0.1, 0.15) is 9.84 Å². The van der Waals surface area contributed by atoms with Crippen LogP contribution in [0.1, 0.15) is 42.1 Å². The summed E-state index contributed by atoms with van der Waals surface area (Å²) in [6, 6.07) is 8.74. The van der Waals surface area contributed by atoms with Crippen LogP contribution < -0.4 is 5.32 Å². The van der Waals surface area contributed by atoms with Crippen LogP contribution in [-0.2, 0) is 9.84 Å². The van der Waals surface area contributed by atoms with Crippen molar-refractivity contribution in [2.75, 3.05) is 57.3 Å². The summed E-state index contributed by atoms with van der Waals surface area (Å²) < 4.78 is 23.4. The highest BCUT2D eigenvalue weighted by atomic mass is 32.2. The first kappa shape index (κ1) is 23.7. The van der Waals surface area contributed by atoms with Crippen LogP contribution in [0.15, 0.2) is 24.3 Å². The van der Waals surface area contributed by atoms with E-state index < -0.39 is 9.84 Å². The Balaban J connectivity index is 1.34. The second-order valence-electron chi connectivity index (χ2n) is 8.88. The first-order valence-corrected chi connectivity index (χ1v) is 13.1. The number of nitrogens with one attached hydrogen (secondary N) is 1. The molecule has 0 radical (unpaired) electrons. The third-order valence-electron chi connectivity index (χ3n) is 6.31. The third kappa shape index (κ3) is 7.30. The largest absolute Gasteiger partial charge is 0.352 e. The van der Waals surface area contributed by atoms with Gasteiger partial charge < -0.3 is 15.1 Å². The number of fused-ring (bicyclic) bond motifs is 2. The summed E-state index contributed by atoms with van der Waals surface area (Å²) in [7, 11) is -2.87. The van der Waals surface area contributed by atoms with Crippen molar-refractivity contribution in [2.45, 2.75) is 26.2 Å². The van der Waals surface area contributed by atoms with E-state index in [1.165, 1.54) is 6.42 Å². The number of carbonyl (C=O) groups excluding carboxylic acids is 1. The van der Waals surface area contributed by atoms with Crippen molar-refractivity contribution >= 4 is 15.7 Å². The lowest BCUT2D eigenvalue weighted by Gasteiger charge is -2.46. The number of benzene rings is 1. The summed E-state index contributed by atoms with van der Waals surface area (Å²) in [5, 5.41) is 11.8. The van der Waals surface area contributed by atoms with Gasteiger partial charge in [0.25, 0.3) is 5.91 Å². The maximum Gasteiger partial charge on any atom is 0.251 e. The minimum absolute atomic E-state index is 0.0965. The normalized spacial score (nSPS) is 22.1. The number of likely N-dealkylation sites (tertiary alicyclic amines) is 2. The van der Waals surface area contributed by atoms with E-state index in [0.29, 0.717) is 35.3 Å². The third-order valence-corrected chi connectivity index (χ3v) is 8.10. The van der Waals surface area contributed by atoms with E-state index in [1.807, 2.05) is 0 Å². The van der Waals surface area contributed by atoms with Gasteiger partial charge in [0.05, 0.1) is 17.4 Å². The predicted octanol–water partition coefficient (Wildman–Crippen LogP) is 1.76. The Hall–Kier alpha value is -1.95. The molecule has 2 saturated heterocycles. The van der Waals surface area contributed by atoms with Crippen LogP contribution in [0.3, 0.4) is 0 Å². The molecular formula is C23H34N4O3S. The Morgan fingerprint density at radius 1 is 1.06 bits per heavy atom. The Morgan fingerprint density at radius 2 is 1.65 bits per heavy atom. The molecule has 1 N–H and O–H groups in total. The summed E-state index contributed by atoms with van der Waals surface area (Å²) in [6.45, 7) is 8.52. The first-order chi connectivity index (χ1) is 14.9. The monoisotopic (exact) mass is 446 g/mol. The van der Waals surface area contributed by atoms with Crippen LogP contribution in [0.2, 0.25) is 0 Å². The molecule has 8 heteroatoms. The lowest BCUT2D eigenvalue weighted by molar-refractivity contribution is 0.0311. The summed E-state index contributed by atoms with van der Waals surface area (Å²) in [6.07, 6.45) is 2.92. The van der Waals surface area contributed by atoms with Gasteiger partial charge in [-0.05, 0) is 68.5 Å². The Labute approximate surface area is 186 Å². The second kappa shape index (κ2) is 11.1. The number of hydrogen-bond donors (Lipinski definition) is 1. The predicted molar refractivity (Wildman–Crippen MR) is 122 cm³/mol. The Bertz CT molecular complexity index is 865. The molecule has 0 saturated carbocycles. The van der Waals surface area contributed by atoms with E-state index in [1.54, 1.807) is 31.2 Å². The number of nitriles is 1. The first-order valence-electron chi connectivity index (χ1n) is 11.3. The van der Waals surface area contributed by atoms with E-state index in [4.69, 9.17) is 5.26 Å². The molecule has 3 rings (SSSR count). The highest BCUT2D eigenvalue weighted by Gasteiger charge is 2.33. The Kier molecular flexibility index (Phi) is 8.47. The summed E-state index contributed by atoms with van der Waals surface area (Å²) in [5.41, 5.74) is 1.13. The number of piperidine rings is 2. The van der Waals surface area contributed by atoms with Crippen LogP contribution in [0.25, 0.3) is 0 Å². The molecule has 2 aliphatic heterocycles. The molecule has 1 aromatic rings. The lowest BCUT2D eigenvalue weighted by Crippen LogP contribution is -2.53. The zero-order valence-corrected chi connectivity index (χ0v) is 19.2. The molecule has 2 heterocycles. The van der Waals surface area contributed by atoms with Crippen molar-refractivity contribution in [1.82, 2.24) is 15.1 Å². The van der Waals surface area contributed by atoms with Crippen molar-refractivity contribution < 1.29 is 13.2 Å². The zero-order chi connectivity index (χ0) is 22.3. The smallest absolute Gasteiger partial charge is 0.251 e. The van der Waals surface area contributed by atoms with Crippen LogP contribution in [-0.4, -0.2) is 81.4 Å². The number of hydrogen-bond acceptors (Lipinski definition) is 6. The fourth-order valence-corrected chi connectivity index (χ4v) is 5.67. The fourth-order valence-electron chi connectivity index (χ4n) is 4.82. The molecule has 7 nitrogen and oxygen atoms in total. The van der Waals surface area contributed by atoms with Gasteiger partial charge in [0.2, 0.25) is 0 Å². The molecular weight excluding hydrogens is 412 g/mol. The molecule has 2 unspecified atom stereocenters. The number of carbonyl (C=O) groups is 1. The topological polar surface area (TPSA) is 93.5 Å². The number of sulfone groups is 1. The van der Waals surface area contributed by atoms with E-state index >= 15 is 0 Å². The SMILES string of the molecule is CCS(=O)(=O)CCCN1CC2CC(CN(CCCNC(=O)c3ccc(C#N)cc3)C2)C1. The van der Waals surface area contributed by atoms with Crippen LogP contribution in [0.5, 0.6) is 0 Å². The fraction of sp³-hybridized carbons (Fsp3) is 0.652. The maximum atomic E-state index is 12.2. The number of rotatable bonds is 10. The molecule has 0 aliphatic carbocycles. The zero-order valence-electron chi connectivity index (χ0n) is 18.4. The average molecular weight is 447 g/mol. The quantitative estimate of drug-likeness (QED) is 0.551. The van der Waals surface area contributed by atoms with Crippen molar-refractivity contribution in [1.29, 1.82) is 5.26 Å². The van der Waals surface area contributed by atoms with Gasteiger partial charge >= 0.3 is 0 Å². The second-order valence-corrected chi connectivity index (χ2v) is 11.3. The average Bonchev–Trinajstić information content (AvgIpc) is 2.76. The molecule has 0 spiro atoms. The molecule has 170 valence electrons. The van der Waals surface area contributed by atoms with Crippen molar-refractivity contribution in [3.8, 4) is 6.07 Å². The molecule has 2 aliphatic rings. The van der Waals surface area contributed by atoms with Gasteiger partial charge in [-0.2, -0.15) is 5.26 Å². The van der Waals surface area contributed by atoms with E-state index in [2.05, 4.69) is 21.2 Å². The molecule has 1 aromatic carbocycles. The van der Waals surface area contributed by atoms with Gasteiger partial charge in [-0.1, -0.05) is 6.92 Å². The molecule has 2 atom stereocenters. The van der Waals surface area contributed by atoms with Gasteiger partial charge in [0.15, 0.2) is 0 Å². The van der Waals surface area contributed by atoms with Crippen molar-refractivity contribution in [3.63, 3.8) is 0 Å². The van der Waals surface area contributed by atoms with Gasteiger partial charge in [-0.3, -0.25) is 4.79 Å². The standard InChI is InChI=1S/C23H34N4O3S/c1-2-31(29,30)12-4-11-27-17-20-13-21(18-27)16-26(15-20)10-3-9-25-23(28)22-7-5-19(14-24)6-8-22/h5-8,20-21H,2-4,9-13,15-18H2,1H3,(H,25,28). The Morgan fingerprint density at radius 3 is 2.19 bits per heavy atom. The summed E-state index contributed by atoms with van der Waals surface area (Å²) in [5.74, 6) is 1.75. The van der Waals surface area contributed by atoms with Crippen LogP contribution >= 0.6 is 0 Å². The molecule has 2 fully saturated rings. The maximum absolute atomic E-state index is 12.2. The molecule has 1 amide bonds. The minimum Gasteiger partial charge on any atom is -0.352 e. The number of amides is 1. The van der Waals surface area contributed by atoms with Gasteiger partial charge in [-0.15, -0.1) is 0 Å². The van der Waals surface area contributed by atoms with Gasteiger partial charge in [0, 0.05) is 44.0 Å². The van der Waals surface area contributed by atoms with Crippen LogP contribution in [0, 0.1) is 23.2 Å². The van der Waals surface area contributed by atoms with Crippen molar-refractivity contribution in [2.24, 2.45) is 11.8 Å². The van der Waals surface area contributed by atoms with E-state index in [-0.39, 0.29) is 11.7 Å². The highest BCUT2D eigenvalue weighted by molar-refractivity contribution is 7.91. The number of nitrogens with zero attached hydrogens (tertiary/aromatic N) is 3. The van der Waals surface area contributed by atoms with Gasteiger partial charge in [-0.25, -0.2) is 8.42 Å². The van der Waals surface area contributed by atoms with E-state index in [0.717, 1.165) is 52.1 Å². The summed E-state index contributed by atoms with van der Waals surface area (Å²) in [4.78, 5) is 17.2. The highest BCUT2D eigenvalue weighted by Crippen LogP contribution is 2.28. The lowest BCUT2D eigenvalue weighted by atomic mass is 9.84. The minimum atomic E-state index is -2.87. The molecule has 2 bridgehead atoms.